The molecule has 14 heavy (non-hydrogen) atoms. The largest absolute Gasteiger partial charge is 0.356 e. The van der Waals surface area contributed by atoms with Crippen molar-refractivity contribution in [2.24, 2.45) is 0 Å². The molecule has 4 nitrogen and oxygen atoms in total. The fourth-order valence-corrected chi connectivity index (χ4v) is 0.833. The topological polar surface area (TPSA) is 54.9 Å². The standard InChI is InChI=1S/C8H11N3O.C2H6/c1-7(12)10-5-3-8-2-4-9-6-11-8;1-2/h2,4,6H,3,5H2,1H3,(H,10,12);1-2H3. The van der Waals surface area contributed by atoms with E-state index in [0.717, 1.165) is 12.1 Å². The third-order valence-corrected chi connectivity index (χ3v) is 1.40. The molecule has 0 aliphatic heterocycles. The van der Waals surface area contributed by atoms with E-state index in [1.807, 2.05) is 19.9 Å². The van der Waals surface area contributed by atoms with Gasteiger partial charge in [-0.2, -0.15) is 0 Å². The van der Waals surface area contributed by atoms with Crippen LogP contribution in [-0.2, 0) is 11.2 Å². The van der Waals surface area contributed by atoms with Crippen LogP contribution in [0.2, 0.25) is 0 Å². The first-order valence-electron chi connectivity index (χ1n) is 4.78. The maximum atomic E-state index is 10.5. The van der Waals surface area contributed by atoms with Crippen LogP contribution in [0.25, 0.3) is 0 Å². The Kier molecular flexibility index (Phi) is 7.32. The minimum absolute atomic E-state index is 0.0101. The molecule has 1 rings (SSSR count). The summed E-state index contributed by atoms with van der Waals surface area (Å²) in [6, 6.07) is 1.84. The van der Waals surface area contributed by atoms with Crippen LogP contribution in [0.4, 0.5) is 0 Å². The second-order valence-electron chi connectivity index (χ2n) is 2.43. The molecule has 4 heteroatoms. The lowest BCUT2D eigenvalue weighted by molar-refractivity contribution is -0.118. The maximum absolute atomic E-state index is 10.5. The van der Waals surface area contributed by atoms with Crippen LogP contribution in [0.3, 0.4) is 0 Å². The molecule has 1 aromatic heterocycles. The third-order valence-electron chi connectivity index (χ3n) is 1.40. The van der Waals surface area contributed by atoms with Gasteiger partial charge >= 0.3 is 0 Å². The molecule has 0 saturated carbocycles. The Morgan fingerprint density at radius 1 is 1.50 bits per heavy atom. The number of carbonyl (C=O) groups is 1. The number of nitrogens with zero attached hydrogens (tertiary/aromatic N) is 2. The van der Waals surface area contributed by atoms with Crippen LogP contribution in [0.15, 0.2) is 18.6 Å². The Bertz CT molecular complexity index is 249. The van der Waals surface area contributed by atoms with Gasteiger partial charge in [-0.25, -0.2) is 9.97 Å². The van der Waals surface area contributed by atoms with Gasteiger partial charge in [-0.15, -0.1) is 0 Å². The van der Waals surface area contributed by atoms with Gasteiger partial charge < -0.3 is 5.32 Å². The summed E-state index contributed by atoms with van der Waals surface area (Å²) in [5.74, 6) is -0.0101. The van der Waals surface area contributed by atoms with Crippen LogP contribution in [0, 0.1) is 0 Å². The SMILES string of the molecule is CC.CC(=O)NCCc1ccncn1. The Hall–Kier alpha value is -1.45. The van der Waals surface area contributed by atoms with Crippen molar-refractivity contribution >= 4 is 5.91 Å². The van der Waals surface area contributed by atoms with Crippen molar-refractivity contribution in [1.82, 2.24) is 15.3 Å². The molecule has 1 heterocycles. The van der Waals surface area contributed by atoms with Crippen molar-refractivity contribution in [3.63, 3.8) is 0 Å². The fourth-order valence-electron chi connectivity index (χ4n) is 0.833. The molecule has 0 saturated heterocycles. The average Bonchev–Trinajstić information content (AvgIpc) is 2.22. The summed E-state index contributed by atoms with van der Waals surface area (Å²) in [7, 11) is 0. The molecule has 0 unspecified atom stereocenters. The Balaban J connectivity index is 0.000000791. The minimum atomic E-state index is -0.0101. The van der Waals surface area contributed by atoms with E-state index in [1.54, 1.807) is 6.20 Å². The molecule has 0 aromatic carbocycles. The van der Waals surface area contributed by atoms with Gasteiger partial charge in [0.05, 0.1) is 0 Å². The van der Waals surface area contributed by atoms with Crippen molar-refractivity contribution in [2.45, 2.75) is 27.2 Å². The van der Waals surface area contributed by atoms with Gasteiger partial charge in [0, 0.05) is 31.8 Å². The molecular formula is C10H17N3O. The molecule has 0 atom stereocenters. The van der Waals surface area contributed by atoms with E-state index >= 15 is 0 Å². The quantitative estimate of drug-likeness (QED) is 0.788. The number of amides is 1. The lowest BCUT2D eigenvalue weighted by Gasteiger charge is -1.99. The van der Waals surface area contributed by atoms with Gasteiger partial charge in [-0.05, 0) is 6.07 Å². The van der Waals surface area contributed by atoms with E-state index in [9.17, 15) is 4.79 Å². The molecule has 0 bridgehead atoms. The molecule has 0 radical (unpaired) electrons. The lowest BCUT2D eigenvalue weighted by Crippen LogP contribution is -2.22. The Morgan fingerprint density at radius 2 is 2.21 bits per heavy atom. The highest BCUT2D eigenvalue weighted by Gasteiger charge is 1.93. The van der Waals surface area contributed by atoms with Crippen molar-refractivity contribution in [1.29, 1.82) is 0 Å². The van der Waals surface area contributed by atoms with Gasteiger partial charge in [0.15, 0.2) is 0 Å². The zero-order valence-corrected chi connectivity index (χ0v) is 8.95. The van der Waals surface area contributed by atoms with Crippen LogP contribution < -0.4 is 5.32 Å². The lowest BCUT2D eigenvalue weighted by atomic mass is 10.3. The summed E-state index contributed by atoms with van der Waals surface area (Å²) in [5, 5.41) is 2.69. The van der Waals surface area contributed by atoms with Gasteiger partial charge in [-0.1, -0.05) is 13.8 Å². The highest BCUT2D eigenvalue weighted by Crippen LogP contribution is 1.90. The first-order valence-corrected chi connectivity index (χ1v) is 4.78. The van der Waals surface area contributed by atoms with Crippen molar-refractivity contribution in [2.75, 3.05) is 6.54 Å². The smallest absolute Gasteiger partial charge is 0.216 e. The number of rotatable bonds is 3. The monoisotopic (exact) mass is 195 g/mol. The first kappa shape index (κ1) is 12.6. The molecule has 1 N–H and O–H groups in total. The van der Waals surface area contributed by atoms with Crippen molar-refractivity contribution in [3.05, 3.63) is 24.3 Å². The molecule has 0 spiro atoms. The van der Waals surface area contributed by atoms with E-state index < -0.39 is 0 Å². The molecule has 1 aromatic rings. The molecule has 0 aliphatic rings. The minimum Gasteiger partial charge on any atom is -0.356 e. The Morgan fingerprint density at radius 3 is 2.71 bits per heavy atom. The summed E-state index contributed by atoms with van der Waals surface area (Å²) in [6.45, 7) is 6.13. The predicted molar refractivity (Wildman–Crippen MR) is 55.8 cm³/mol. The van der Waals surface area contributed by atoms with E-state index in [1.165, 1.54) is 13.3 Å². The van der Waals surface area contributed by atoms with Gasteiger partial charge in [0.2, 0.25) is 5.91 Å². The number of nitrogens with one attached hydrogen (secondary N) is 1. The van der Waals surface area contributed by atoms with E-state index in [0.29, 0.717) is 6.54 Å². The van der Waals surface area contributed by atoms with Crippen LogP contribution >= 0.6 is 0 Å². The highest BCUT2D eigenvalue weighted by atomic mass is 16.1. The fraction of sp³-hybridized carbons (Fsp3) is 0.500. The van der Waals surface area contributed by atoms with Crippen molar-refractivity contribution < 1.29 is 4.79 Å². The second kappa shape index (κ2) is 8.16. The zero-order chi connectivity index (χ0) is 10.8. The molecule has 78 valence electrons. The van der Waals surface area contributed by atoms with Gasteiger partial charge in [0.25, 0.3) is 0 Å². The number of hydrogen-bond acceptors (Lipinski definition) is 3. The maximum Gasteiger partial charge on any atom is 0.216 e. The summed E-state index contributed by atoms with van der Waals surface area (Å²) in [4.78, 5) is 18.3. The van der Waals surface area contributed by atoms with Crippen LogP contribution in [0.5, 0.6) is 0 Å². The second-order valence-corrected chi connectivity index (χ2v) is 2.43. The molecule has 0 fully saturated rings. The number of carbonyl (C=O) groups excluding carboxylic acids is 1. The van der Waals surface area contributed by atoms with E-state index in [2.05, 4.69) is 15.3 Å². The summed E-state index contributed by atoms with van der Waals surface area (Å²) < 4.78 is 0. The molecule has 0 aliphatic carbocycles. The normalized spacial score (nSPS) is 8.50. The Labute approximate surface area is 84.8 Å². The first-order chi connectivity index (χ1) is 6.79. The number of hydrogen-bond donors (Lipinski definition) is 1. The number of aromatic nitrogens is 2. The van der Waals surface area contributed by atoms with E-state index in [4.69, 9.17) is 0 Å². The molecular weight excluding hydrogens is 178 g/mol. The third kappa shape index (κ3) is 6.11. The van der Waals surface area contributed by atoms with Crippen LogP contribution in [-0.4, -0.2) is 22.4 Å². The zero-order valence-electron chi connectivity index (χ0n) is 8.95. The highest BCUT2D eigenvalue weighted by molar-refractivity contribution is 5.72. The van der Waals surface area contributed by atoms with Gasteiger partial charge in [0.1, 0.15) is 6.33 Å². The van der Waals surface area contributed by atoms with Crippen molar-refractivity contribution in [3.8, 4) is 0 Å². The molecule has 1 amide bonds. The summed E-state index contributed by atoms with van der Waals surface area (Å²) >= 11 is 0. The predicted octanol–water partition coefficient (Wildman–Crippen LogP) is 1.18. The van der Waals surface area contributed by atoms with E-state index in [-0.39, 0.29) is 5.91 Å². The van der Waals surface area contributed by atoms with Gasteiger partial charge in [-0.3, -0.25) is 4.79 Å². The average molecular weight is 195 g/mol. The van der Waals surface area contributed by atoms with Crippen LogP contribution in [0.1, 0.15) is 26.5 Å². The summed E-state index contributed by atoms with van der Waals surface area (Å²) in [5.41, 5.74) is 0.943. The summed E-state index contributed by atoms with van der Waals surface area (Å²) in [6.07, 6.45) is 3.95.